The second-order valence-corrected chi connectivity index (χ2v) is 4.04. The summed E-state index contributed by atoms with van der Waals surface area (Å²) in [5, 5.41) is 1.91. The molecule has 2 N–H and O–H groups in total. The van der Waals surface area contributed by atoms with Crippen LogP contribution in [0.25, 0.3) is 10.8 Å². The Morgan fingerprint density at radius 2 is 2.00 bits per heavy atom. The number of nitrogens with zero attached hydrogens (tertiary/aromatic N) is 1. The fraction of sp³-hybridized carbons (Fsp3) is 0.357. The number of nitrogens with two attached hydrogens (primary N) is 1. The number of hydrogen-bond acceptors (Lipinski definition) is 4. The predicted molar refractivity (Wildman–Crippen MR) is 72.8 cm³/mol. The fourth-order valence-electron chi connectivity index (χ4n) is 1.77. The number of anilines is 1. The van der Waals surface area contributed by atoms with Crippen LogP contribution in [0.2, 0.25) is 0 Å². The zero-order chi connectivity index (χ0) is 12.8. The molecule has 0 saturated heterocycles. The molecule has 0 saturated carbocycles. The molecule has 2 aromatic rings. The van der Waals surface area contributed by atoms with Gasteiger partial charge in [0.15, 0.2) is 0 Å². The van der Waals surface area contributed by atoms with E-state index in [-0.39, 0.29) is 0 Å². The Kier molecular flexibility index (Phi) is 4.36. The second-order valence-electron chi connectivity index (χ2n) is 4.04. The van der Waals surface area contributed by atoms with Gasteiger partial charge >= 0.3 is 0 Å². The van der Waals surface area contributed by atoms with E-state index < -0.39 is 0 Å². The molecule has 0 aliphatic rings. The highest BCUT2D eigenvalue weighted by atomic mass is 16.5. The van der Waals surface area contributed by atoms with Crippen LogP contribution < -0.4 is 10.5 Å². The highest BCUT2D eigenvalue weighted by Gasteiger charge is 2.04. The molecule has 18 heavy (non-hydrogen) atoms. The lowest BCUT2D eigenvalue weighted by atomic mass is 10.1. The minimum atomic E-state index is 0.543. The van der Waals surface area contributed by atoms with Crippen LogP contribution in [0.15, 0.2) is 30.6 Å². The maximum absolute atomic E-state index is 5.90. The number of rotatable bonds is 6. The van der Waals surface area contributed by atoms with E-state index in [0.29, 0.717) is 18.9 Å². The third kappa shape index (κ3) is 2.90. The summed E-state index contributed by atoms with van der Waals surface area (Å²) in [6.07, 6.45) is 4.52. The summed E-state index contributed by atoms with van der Waals surface area (Å²) in [5.74, 6) is 0.821. The van der Waals surface area contributed by atoms with E-state index in [9.17, 15) is 0 Å². The Hall–Kier alpha value is -1.81. The van der Waals surface area contributed by atoms with Gasteiger partial charge in [0, 0.05) is 35.5 Å². The van der Waals surface area contributed by atoms with Gasteiger partial charge in [-0.25, -0.2) is 0 Å². The lowest BCUT2D eigenvalue weighted by molar-refractivity contribution is 0.101. The van der Waals surface area contributed by atoms with Crippen LogP contribution in [0.3, 0.4) is 0 Å². The molecule has 0 bridgehead atoms. The molecule has 0 aliphatic heterocycles. The minimum absolute atomic E-state index is 0.543. The monoisotopic (exact) mass is 246 g/mol. The number of nitrogen functional groups attached to an aromatic ring is 1. The van der Waals surface area contributed by atoms with E-state index in [4.69, 9.17) is 15.2 Å². The average molecular weight is 246 g/mol. The van der Waals surface area contributed by atoms with Gasteiger partial charge in [0.05, 0.1) is 6.61 Å². The first-order valence-electron chi connectivity index (χ1n) is 6.15. The van der Waals surface area contributed by atoms with Crippen LogP contribution in [0, 0.1) is 0 Å². The number of ether oxygens (including phenoxy) is 2. The maximum Gasteiger partial charge on any atom is 0.127 e. The minimum Gasteiger partial charge on any atom is -0.491 e. The van der Waals surface area contributed by atoms with Crippen LogP contribution in [0.1, 0.15) is 13.3 Å². The van der Waals surface area contributed by atoms with Crippen LogP contribution in [0.5, 0.6) is 5.75 Å². The van der Waals surface area contributed by atoms with Crippen molar-refractivity contribution in [2.24, 2.45) is 0 Å². The van der Waals surface area contributed by atoms with Crippen molar-refractivity contribution in [1.82, 2.24) is 4.98 Å². The van der Waals surface area contributed by atoms with Crippen molar-refractivity contribution in [2.45, 2.75) is 13.3 Å². The van der Waals surface area contributed by atoms with E-state index in [1.54, 1.807) is 12.4 Å². The van der Waals surface area contributed by atoms with Gasteiger partial charge < -0.3 is 15.2 Å². The first-order chi connectivity index (χ1) is 8.83. The van der Waals surface area contributed by atoms with Gasteiger partial charge in [-0.15, -0.1) is 0 Å². The van der Waals surface area contributed by atoms with Gasteiger partial charge in [0.25, 0.3) is 0 Å². The van der Waals surface area contributed by atoms with Gasteiger partial charge in [0.1, 0.15) is 12.4 Å². The van der Waals surface area contributed by atoms with E-state index >= 15 is 0 Å². The molecule has 0 aliphatic carbocycles. The van der Waals surface area contributed by atoms with Crippen molar-refractivity contribution in [2.75, 3.05) is 25.6 Å². The van der Waals surface area contributed by atoms with E-state index in [0.717, 1.165) is 29.5 Å². The van der Waals surface area contributed by atoms with Gasteiger partial charge in [-0.1, -0.05) is 6.92 Å². The van der Waals surface area contributed by atoms with Gasteiger partial charge in [-0.2, -0.15) is 0 Å². The average Bonchev–Trinajstić information content (AvgIpc) is 2.41. The van der Waals surface area contributed by atoms with Crippen LogP contribution in [0.4, 0.5) is 5.69 Å². The Balaban J connectivity index is 2.07. The molecular formula is C14H18N2O2. The van der Waals surface area contributed by atoms with Gasteiger partial charge in [-0.05, 0) is 24.6 Å². The first-order valence-corrected chi connectivity index (χ1v) is 6.15. The summed E-state index contributed by atoms with van der Waals surface area (Å²) in [6.45, 7) is 4.00. The highest BCUT2D eigenvalue weighted by Crippen LogP contribution is 2.29. The van der Waals surface area contributed by atoms with Crippen LogP contribution in [-0.4, -0.2) is 24.8 Å². The third-order valence-electron chi connectivity index (χ3n) is 2.65. The molecule has 0 unspecified atom stereocenters. The summed E-state index contributed by atoms with van der Waals surface area (Å²) < 4.78 is 11.1. The zero-order valence-corrected chi connectivity index (χ0v) is 10.6. The first kappa shape index (κ1) is 12.6. The molecular weight excluding hydrogens is 228 g/mol. The zero-order valence-electron chi connectivity index (χ0n) is 10.6. The van der Waals surface area contributed by atoms with Crippen LogP contribution in [-0.2, 0) is 4.74 Å². The SMILES string of the molecule is CCCOCCOc1ccc(N)c2cnccc12. The second kappa shape index (κ2) is 6.21. The molecule has 4 nitrogen and oxygen atoms in total. The molecule has 4 heteroatoms. The fourth-order valence-corrected chi connectivity index (χ4v) is 1.77. The standard InChI is InChI=1S/C14H18N2O2/c1-2-7-17-8-9-18-14-4-3-13(15)12-10-16-6-5-11(12)14/h3-6,10H,2,7-9,15H2,1H3. The number of aromatic nitrogens is 1. The number of benzene rings is 1. The molecule has 1 aromatic heterocycles. The van der Waals surface area contributed by atoms with Crippen molar-refractivity contribution >= 4 is 16.5 Å². The summed E-state index contributed by atoms with van der Waals surface area (Å²) in [4.78, 5) is 4.08. The maximum atomic E-state index is 5.90. The van der Waals surface area contributed by atoms with Gasteiger partial charge in [0.2, 0.25) is 0 Å². The summed E-state index contributed by atoms with van der Waals surface area (Å²) in [5.41, 5.74) is 6.61. The molecule has 0 atom stereocenters. The van der Waals surface area contributed by atoms with E-state index in [2.05, 4.69) is 11.9 Å². The lowest BCUT2D eigenvalue weighted by Crippen LogP contribution is -2.07. The molecule has 0 amide bonds. The molecule has 0 spiro atoms. The molecule has 0 radical (unpaired) electrons. The summed E-state index contributed by atoms with van der Waals surface area (Å²) in [6, 6.07) is 5.64. The third-order valence-corrected chi connectivity index (χ3v) is 2.65. The van der Waals surface area contributed by atoms with Crippen molar-refractivity contribution in [3.05, 3.63) is 30.6 Å². The predicted octanol–water partition coefficient (Wildman–Crippen LogP) is 2.62. The van der Waals surface area contributed by atoms with E-state index in [1.165, 1.54) is 0 Å². The van der Waals surface area contributed by atoms with Crippen LogP contribution >= 0.6 is 0 Å². The number of pyridine rings is 1. The Morgan fingerprint density at radius 1 is 1.11 bits per heavy atom. The highest BCUT2D eigenvalue weighted by molar-refractivity contribution is 5.96. The quantitative estimate of drug-likeness (QED) is 0.628. The van der Waals surface area contributed by atoms with E-state index in [1.807, 2.05) is 18.2 Å². The Morgan fingerprint density at radius 3 is 2.83 bits per heavy atom. The number of fused-ring (bicyclic) bond motifs is 1. The summed E-state index contributed by atoms with van der Waals surface area (Å²) >= 11 is 0. The smallest absolute Gasteiger partial charge is 0.127 e. The molecule has 96 valence electrons. The van der Waals surface area contributed by atoms with Crippen molar-refractivity contribution in [3.63, 3.8) is 0 Å². The van der Waals surface area contributed by atoms with Crippen molar-refractivity contribution in [1.29, 1.82) is 0 Å². The molecule has 1 heterocycles. The Labute approximate surface area is 107 Å². The normalized spacial score (nSPS) is 10.7. The van der Waals surface area contributed by atoms with Gasteiger partial charge in [-0.3, -0.25) is 4.98 Å². The van der Waals surface area contributed by atoms with Crippen molar-refractivity contribution < 1.29 is 9.47 Å². The summed E-state index contributed by atoms with van der Waals surface area (Å²) in [7, 11) is 0. The Bertz CT molecular complexity index is 514. The number of hydrogen-bond donors (Lipinski definition) is 1. The largest absolute Gasteiger partial charge is 0.491 e. The molecule has 0 fully saturated rings. The van der Waals surface area contributed by atoms with Crippen molar-refractivity contribution in [3.8, 4) is 5.75 Å². The topological polar surface area (TPSA) is 57.4 Å². The lowest BCUT2D eigenvalue weighted by Gasteiger charge is -2.10. The molecule has 1 aromatic carbocycles. The molecule has 2 rings (SSSR count).